The second-order valence-electron chi connectivity index (χ2n) is 9.42. The van der Waals surface area contributed by atoms with E-state index in [2.05, 4.69) is 30.6 Å². The van der Waals surface area contributed by atoms with Crippen LogP contribution in [0.25, 0.3) is 11.5 Å². The molecule has 1 aliphatic heterocycles. The first kappa shape index (κ1) is 27.2. The number of alkyl halides is 3. The van der Waals surface area contributed by atoms with Gasteiger partial charge in [-0.25, -0.2) is 4.79 Å². The van der Waals surface area contributed by atoms with Crippen LogP contribution in [0.2, 0.25) is 5.02 Å². The van der Waals surface area contributed by atoms with Crippen molar-refractivity contribution in [3.8, 4) is 17.2 Å². The van der Waals surface area contributed by atoms with Crippen molar-refractivity contribution in [2.45, 2.75) is 57.8 Å². The number of rotatable bonds is 6. The zero-order chi connectivity index (χ0) is 27.7. The number of amides is 2. The molecule has 12 nitrogen and oxygen atoms in total. The van der Waals surface area contributed by atoms with E-state index in [0.29, 0.717) is 13.0 Å². The molecule has 1 unspecified atom stereocenters. The van der Waals surface area contributed by atoms with Gasteiger partial charge in [0.25, 0.3) is 0 Å². The molecule has 16 heteroatoms. The van der Waals surface area contributed by atoms with Gasteiger partial charge in [0.2, 0.25) is 5.89 Å². The molecule has 4 rings (SSSR count). The average molecular weight is 558 g/mol. The summed E-state index contributed by atoms with van der Waals surface area (Å²) in [4.78, 5) is 27.2. The minimum atomic E-state index is -4.91. The fourth-order valence-electron chi connectivity index (χ4n) is 3.82. The summed E-state index contributed by atoms with van der Waals surface area (Å²) in [5.41, 5.74) is -0.773. The smallest absolute Gasteiger partial charge is 0.444 e. The summed E-state index contributed by atoms with van der Waals surface area (Å²) < 4.78 is 54.1. The van der Waals surface area contributed by atoms with Crippen molar-refractivity contribution in [3.05, 3.63) is 41.5 Å². The Morgan fingerprint density at radius 1 is 1.24 bits per heavy atom. The molecule has 1 fully saturated rings. The summed E-state index contributed by atoms with van der Waals surface area (Å²) in [6, 6.07) is 2.31. The molecule has 0 bridgehead atoms. The molecule has 3 aromatic rings. The molecule has 2 atom stereocenters. The zero-order valence-corrected chi connectivity index (χ0v) is 21.2. The molecule has 0 spiro atoms. The van der Waals surface area contributed by atoms with E-state index in [9.17, 15) is 22.8 Å². The number of likely N-dealkylation sites (tertiary alicyclic amines) is 1. The number of hydrogen-bond donors (Lipinski definition) is 1. The highest BCUT2D eigenvalue weighted by molar-refractivity contribution is 6.33. The Bertz CT molecular complexity index is 1290. The standard InChI is InChI=1S/C22H23ClF3N7O5/c1-21(2,3)38-20(35)33-10-12(8-13(33)11-32-7-6-27-31-32)28-17(34)19-30-29-18(36-19)15-9-14(4-5-16(15)23)37-22(24,25)26/h4-7,9,12-13H,8,10-11H2,1-3H3,(H,28,34)/t12?,13-/m1/s1. The number of aromatic nitrogens is 5. The Hall–Kier alpha value is -3.88. The third kappa shape index (κ3) is 6.90. The number of nitrogens with one attached hydrogen (secondary N) is 1. The maximum absolute atomic E-state index is 12.8. The van der Waals surface area contributed by atoms with Crippen LogP contribution in [0, 0.1) is 0 Å². The van der Waals surface area contributed by atoms with Gasteiger partial charge in [0.15, 0.2) is 0 Å². The van der Waals surface area contributed by atoms with Gasteiger partial charge in [0, 0.05) is 18.8 Å². The van der Waals surface area contributed by atoms with Crippen molar-refractivity contribution in [3.63, 3.8) is 0 Å². The fraction of sp³-hybridized carbons (Fsp3) is 0.455. The lowest BCUT2D eigenvalue weighted by Crippen LogP contribution is -2.43. The first-order valence-electron chi connectivity index (χ1n) is 11.3. The molecule has 0 saturated carbocycles. The maximum atomic E-state index is 12.8. The number of nitrogens with zero attached hydrogens (tertiary/aromatic N) is 6. The van der Waals surface area contributed by atoms with Gasteiger partial charge in [-0.1, -0.05) is 16.8 Å². The van der Waals surface area contributed by atoms with Crippen LogP contribution < -0.4 is 10.1 Å². The zero-order valence-electron chi connectivity index (χ0n) is 20.4. The quantitative estimate of drug-likeness (QED) is 0.481. The topological polar surface area (TPSA) is 138 Å². The number of halogens is 4. The van der Waals surface area contributed by atoms with Gasteiger partial charge < -0.3 is 24.1 Å². The lowest BCUT2D eigenvalue weighted by atomic mass is 10.1. The van der Waals surface area contributed by atoms with Crippen molar-refractivity contribution in [2.24, 2.45) is 0 Å². The molecular formula is C22H23ClF3N7O5. The van der Waals surface area contributed by atoms with Crippen LogP contribution in [0.1, 0.15) is 37.9 Å². The number of carbonyl (C=O) groups excluding carboxylic acids is 2. The predicted molar refractivity (Wildman–Crippen MR) is 124 cm³/mol. The summed E-state index contributed by atoms with van der Waals surface area (Å²) in [6.07, 6.45) is -1.93. The molecular weight excluding hydrogens is 535 g/mol. The lowest BCUT2D eigenvalue weighted by molar-refractivity contribution is -0.274. The first-order valence-corrected chi connectivity index (χ1v) is 11.7. The Kier molecular flexibility index (Phi) is 7.49. The van der Waals surface area contributed by atoms with Crippen molar-refractivity contribution in [1.29, 1.82) is 0 Å². The Morgan fingerprint density at radius 2 is 2.00 bits per heavy atom. The number of ether oxygens (including phenoxy) is 2. The molecule has 204 valence electrons. The highest BCUT2D eigenvalue weighted by atomic mass is 35.5. The van der Waals surface area contributed by atoms with Crippen LogP contribution in [0.15, 0.2) is 35.0 Å². The first-order chi connectivity index (χ1) is 17.8. The summed E-state index contributed by atoms with van der Waals surface area (Å²) in [5, 5.41) is 17.9. The fourth-order valence-corrected chi connectivity index (χ4v) is 4.02. The maximum Gasteiger partial charge on any atom is 0.573 e. The lowest BCUT2D eigenvalue weighted by Gasteiger charge is -2.28. The van der Waals surface area contributed by atoms with Crippen LogP contribution in [-0.4, -0.2) is 72.7 Å². The van der Waals surface area contributed by atoms with Crippen LogP contribution >= 0.6 is 11.6 Å². The van der Waals surface area contributed by atoms with Gasteiger partial charge in [-0.3, -0.25) is 9.48 Å². The molecule has 1 aromatic carbocycles. The van der Waals surface area contributed by atoms with Crippen LogP contribution in [0.3, 0.4) is 0 Å². The summed E-state index contributed by atoms with van der Waals surface area (Å²) >= 11 is 6.07. The Labute approximate surface area is 219 Å². The SMILES string of the molecule is CC(C)(C)OC(=O)N1CC(NC(=O)c2nnc(-c3cc(OC(F)(F)F)ccc3Cl)o2)C[C@@H]1Cn1ccnn1. The minimum Gasteiger partial charge on any atom is -0.444 e. The summed E-state index contributed by atoms with van der Waals surface area (Å²) in [6.45, 7) is 5.71. The van der Waals surface area contributed by atoms with Crippen molar-refractivity contribution in [2.75, 3.05) is 6.54 Å². The molecule has 0 aliphatic carbocycles. The van der Waals surface area contributed by atoms with Gasteiger partial charge in [-0.05, 0) is 45.4 Å². The average Bonchev–Trinajstić information content (AvgIpc) is 3.54. The van der Waals surface area contributed by atoms with Crippen molar-refractivity contribution < 1.29 is 36.7 Å². The van der Waals surface area contributed by atoms with E-state index >= 15 is 0 Å². The van der Waals surface area contributed by atoms with Crippen molar-refractivity contribution >= 4 is 23.6 Å². The van der Waals surface area contributed by atoms with E-state index in [-0.39, 0.29) is 29.1 Å². The third-order valence-electron chi connectivity index (χ3n) is 5.27. The highest BCUT2D eigenvalue weighted by Gasteiger charge is 2.39. The van der Waals surface area contributed by atoms with Gasteiger partial charge in [-0.15, -0.1) is 28.5 Å². The molecule has 1 aliphatic rings. The molecule has 2 aromatic heterocycles. The number of hydrogen-bond acceptors (Lipinski definition) is 9. The van der Waals surface area contributed by atoms with Crippen LogP contribution in [-0.2, 0) is 11.3 Å². The van der Waals surface area contributed by atoms with E-state index in [0.717, 1.165) is 12.1 Å². The second-order valence-corrected chi connectivity index (χ2v) is 9.83. The van der Waals surface area contributed by atoms with Crippen LogP contribution in [0.5, 0.6) is 5.75 Å². The van der Waals surface area contributed by atoms with Crippen LogP contribution in [0.4, 0.5) is 18.0 Å². The largest absolute Gasteiger partial charge is 0.573 e. The van der Waals surface area contributed by atoms with Gasteiger partial charge >= 0.3 is 24.3 Å². The van der Waals surface area contributed by atoms with Gasteiger partial charge in [0.05, 0.1) is 29.4 Å². The minimum absolute atomic E-state index is 0.00915. The predicted octanol–water partition coefficient (Wildman–Crippen LogP) is 3.69. The number of benzene rings is 1. The Balaban J connectivity index is 1.46. The molecule has 2 amide bonds. The van der Waals surface area contributed by atoms with Gasteiger partial charge in [0.1, 0.15) is 11.4 Å². The molecule has 0 radical (unpaired) electrons. The van der Waals surface area contributed by atoms with E-state index in [1.165, 1.54) is 17.2 Å². The molecule has 38 heavy (non-hydrogen) atoms. The van der Waals surface area contributed by atoms with E-state index in [4.69, 9.17) is 20.8 Å². The molecule has 3 heterocycles. The summed E-state index contributed by atoms with van der Waals surface area (Å²) in [7, 11) is 0. The second kappa shape index (κ2) is 10.5. The molecule has 1 saturated heterocycles. The normalized spacial score (nSPS) is 17.9. The Morgan fingerprint density at radius 3 is 2.66 bits per heavy atom. The van der Waals surface area contributed by atoms with E-state index in [1.54, 1.807) is 31.6 Å². The number of carbonyl (C=O) groups is 2. The van der Waals surface area contributed by atoms with Crippen molar-refractivity contribution in [1.82, 2.24) is 35.4 Å². The highest BCUT2D eigenvalue weighted by Crippen LogP contribution is 2.33. The van der Waals surface area contributed by atoms with E-state index in [1.807, 2.05) is 0 Å². The van der Waals surface area contributed by atoms with Gasteiger partial charge in [-0.2, -0.15) is 0 Å². The summed E-state index contributed by atoms with van der Waals surface area (Å²) in [5.74, 6) is -2.01. The van der Waals surface area contributed by atoms with E-state index < -0.39 is 41.6 Å². The monoisotopic (exact) mass is 557 g/mol. The third-order valence-corrected chi connectivity index (χ3v) is 5.60. The molecule has 1 N–H and O–H groups in total.